The summed E-state index contributed by atoms with van der Waals surface area (Å²) in [7, 11) is 0. The van der Waals surface area contributed by atoms with Crippen molar-refractivity contribution < 1.29 is 39.9 Å². The zero-order chi connectivity index (χ0) is 36.5. The Morgan fingerprint density at radius 2 is 1.94 bits per heavy atom. The third kappa shape index (κ3) is 7.02. The number of likely N-dealkylation sites (tertiary alicyclic amines) is 1. The average molecular weight is 517 g/mol. The van der Waals surface area contributed by atoms with Gasteiger partial charge in [-0.1, -0.05) is 12.8 Å². The number of halogens is 1. The van der Waals surface area contributed by atoms with Crippen molar-refractivity contribution in [1.82, 2.24) is 10.2 Å². The van der Waals surface area contributed by atoms with Gasteiger partial charge in [-0.05, 0) is 70.4 Å². The summed E-state index contributed by atoms with van der Waals surface area (Å²) in [6, 6.07) is -0.900. The fourth-order valence-corrected chi connectivity index (χ4v) is 4.01. The smallest absolute Gasteiger partial charge is 0.410 e. The summed E-state index contributed by atoms with van der Waals surface area (Å²) >= 11 is 0. The van der Waals surface area contributed by atoms with E-state index in [1.165, 1.54) is 20.8 Å². The summed E-state index contributed by atoms with van der Waals surface area (Å²) in [4.78, 5) is 28.2. The lowest BCUT2D eigenvalue weighted by Crippen LogP contribution is -2.48. The molecule has 0 bridgehead atoms. The quantitative estimate of drug-likeness (QED) is 0.610. The Morgan fingerprint density at radius 3 is 2.58 bits per heavy atom. The van der Waals surface area contributed by atoms with Gasteiger partial charge in [-0.15, -0.1) is 0 Å². The number of rotatable bonds is 5. The monoisotopic (exact) mass is 516 g/mol. The molecule has 0 unspecified atom stereocenters. The molecule has 1 aromatic carbocycles. The van der Waals surface area contributed by atoms with E-state index in [1.54, 1.807) is 4.90 Å². The van der Waals surface area contributed by atoms with E-state index in [9.17, 15) is 13.7 Å². The number of carbonyl (C=O) groups excluding carboxylic acids is 2. The number of hydrogen-bond acceptors (Lipinski definition) is 5. The number of piperidine rings is 1. The molecule has 3 aliphatic rings. The second kappa shape index (κ2) is 11.7. The molecule has 0 aromatic heterocycles. The SMILES string of the molecule is [2H]c1c(N(C(=O)NC2CCCC2)C([2H])([2H])C2([2H])C([2H])([2H])C([2H])([2H])N(C(=O)OC(C)(C)C)C([2H])([2H])C2([2H])[2H])ccc(N2CCOCC2)c1F. The van der Waals surface area contributed by atoms with E-state index in [2.05, 4.69) is 5.32 Å². The van der Waals surface area contributed by atoms with Gasteiger partial charge >= 0.3 is 12.1 Å². The minimum atomic E-state index is -4.25. The van der Waals surface area contributed by atoms with Crippen LogP contribution in [0.4, 0.5) is 25.4 Å². The number of urea groups is 1. The van der Waals surface area contributed by atoms with Gasteiger partial charge in [0.05, 0.1) is 23.0 Å². The van der Waals surface area contributed by atoms with Crippen molar-refractivity contribution in [3.63, 3.8) is 0 Å². The van der Waals surface area contributed by atoms with Crippen LogP contribution in [-0.2, 0) is 9.47 Å². The minimum Gasteiger partial charge on any atom is -0.444 e. The molecule has 200 valence electrons. The highest BCUT2D eigenvalue weighted by atomic mass is 19.1. The number of anilines is 2. The Labute approximate surface area is 230 Å². The largest absolute Gasteiger partial charge is 0.444 e. The van der Waals surface area contributed by atoms with E-state index in [1.807, 2.05) is 0 Å². The summed E-state index contributed by atoms with van der Waals surface area (Å²) in [6.45, 7) is -7.01. The lowest BCUT2D eigenvalue weighted by molar-refractivity contribution is 0.0186. The van der Waals surface area contributed by atoms with Crippen molar-refractivity contribution in [3.8, 4) is 0 Å². The fraction of sp³-hybridized carbons (Fsp3) is 0.704. The van der Waals surface area contributed by atoms with Gasteiger partial charge in [0, 0.05) is 56.6 Å². The highest BCUT2D eigenvalue weighted by Crippen LogP contribution is 2.29. The van der Waals surface area contributed by atoms with Crippen LogP contribution in [0, 0.1) is 11.7 Å². The highest BCUT2D eigenvalue weighted by Gasteiger charge is 2.30. The fourth-order valence-electron chi connectivity index (χ4n) is 4.01. The van der Waals surface area contributed by atoms with Crippen molar-refractivity contribution in [2.45, 2.75) is 70.8 Å². The van der Waals surface area contributed by atoms with Crippen LogP contribution in [0.25, 0.3) is 0 Å². The van der Waals surface area contributed by atoms with Crippen LogP contribution < -0.4 is 15.1 Å². The molecule has 3 fully saturated rings. The molecule has 8 nitrogen and oxygen atoms in total. The zero-order valence-electron chi connectivity index (χ0n) is 32.7. The van der Waals surface area contributed by atoms with Gasteiger partial charge < -0.3 is 24.6 Å². The van der Waals surface area contributed by atoms with Crippen LogP contribution in [0.1, 0.15) is 75.6 Å². The van der Waals surface area contributed by atoms with Crippen LogP contribution in [0.5, 0.6) is 0 Å². The van der Waals surface area contributed by atoms with Gasteiger partial charge in [-0.2, -0.15) is 0 Å². The lowest BCUT2D eigenvalue weighted by atomic mass is 9.96. The van der Waals surface area contributed by atoms with E-state index in [4.69, 9.17) is 21.8 Å². The van der Waals surface area contributed by atoms with Gasteiger partial charge in [0.2, 0.25) is 0 Å². The average Bonchev–Trinajstić information content (AvgIpc) is 3.46. The number of benzene rings is 1. The maximum Gasteiger partial charge on any atom is 0.410 e. The highest BCUT2D eigenvalue weighted by molar-refractivity contribution is 5.92. The summed E-state index contributed by atoms with van der Waals surface area (Å²) in [5.74, 6) is -5.46. The maximum atomic E-state index is 15.9. The second-order valence-electron chi connectivity index (χ2n) is 9.68. The molecule has 4 rings (SSSR count). The number of morpholine rings is 1. The minimum absolute atomic E-state index is 0.00220. The number of carbonyl (C=O) groups is 2. The lowest BCUT2D eigenvalue weighted by Gasteiger charge is -2.36. The van der Waals surface area contributed by atoms with Crippen molar-refractivity contribution in [1.29, 1.82) is 0 Å². The molecule has 1 aromatic rings. The van der Waals surface area contributed by atoms with Crippen LogP contribution in [0.3, 0.4) is 0 Å². The third-order valence-corrected chi connectivity index (χ3v) is 5.73. The van der Waals surface area contributed by atoms with Crippen LogP contribution >= 0.6 is 0 Å². The first kappa shape index (κ1) is 15.0. The van der Waals surface area contributed by atoms with Crippen molar-refractivity contribution >= 4 is 23.5 Å². The third-order valence-electron chi connectivity index (χ3n) is 5.73. The first-order chi connectivity index (χ1) is 21.8. The number of hydrogen-bond donors (Lipinski definition) is 1. The molecule has 0 radical (unpaired) electrons. The number of nitrogens with zero attached hydrogens (tertiary/aromatic N) is 3. The van der Waals surface area contributed by atoms with Gasteiger partial charge in [-0.3, -0.25) is 4.90 Å². The standard InChI is InChI=1S/C27H41FN4O4/c1-27(2,3)36-26(34)31-12-10-20(11-13-31)19-32(25(33)29-21-6-4-5-7-21)22-8-9-24(23(28)18-22)30-14-16-35-17-15-30/h8-9,18,20-21H,4-7,10-17,19H2,1-3H3,(H,29,33)/i10D2,11D2,12D2,13D2,18D,19D2,20D. The molecule has 3 amide bonds. The van der Waals surface area contributed by atoms with Crippen LogP contribution in [0.15, 0.2) is 18.2 Å². The van der Waals surface area contributed by atoms with Crippen LogP contribution in [0.2, 0.25) is 0 Å². The van der Waals surface area contributed by atoms with Crippen LogP contribution in [-0.4, -0.2) is 74.5 Å². The molecule has 2 heterocycles. The molecule has 1 N–H and O–H groups in total. The first-order valence-corrected chi connectivity index (χ1v) is 12.0. The van der Waals surface area contributed by atoms with E-state index >= 15 is 4.39 Å². The molecule has 9 heteroatoms. The van der Waals surface area contributed by atoms with E-state index in [-0.39, 0.29) is 36.9 Å². The molecular formula is C27H41FN4O4. The summed E-state index contributed by atoms with van der Waals surface area (Å²) in [5, 5.41) is 2.53. The summed E-state index contributed by atoms with van der Waals surface area (Å²) in [6.07, 6.45) is -7.85. The second-order valence-corrected chi connectivity index (χ2v) is 9.68. The number of amides is 3. The molecule has 2 saturated heterocycles. The van der Waals surface area contributed by atoms with Gasteiger partial charge in [0.25, 0.3) is 0 Å². The summed E-state index contributed by atoms with van der Waals surface area (Å²) < 4.78 is 132. The molecule has 1 aliphatic carbocycles. The predicted molar refractivity (Wildman–Crippen MR) is 138 cm³/mol. The van der Waals surface area contributed by atoms with Gasteiger partial charge in [0.1, 0.15) is 11.4 Å². The van der Waals surface area contributed by atoms with E-state index < -0.39 is 84.3 Å². The Balaban J connectivity index is 1.95. The molecule has 36 heavy (non-hydrogen) atoms. The molecular weight excluding hydrogens is 463 g/mol. The number of nitrogens with one attached hydrogen (secondary N) is 1. The van der Waals surface area contributed by atoms with Crippen molar-refractivity contribution in [2.75, 3.05) is 55.6 Å². The first-order valence-electron chi connectivity index (χ1n) is 18.0. The molecule has 2 aliphatic heterocycles. The molecule has 0 atom stereocenters. The number of ether oxygens (including phenoxy) is 2. The summed E-state index contributed by atoms with van der Waals surface area (Å²) in [5.41, 5.74) is -2.32. The Kier molecular flexibility index (Phi) is 4.86. The zero-order valence-corrected chi connectivity index (χ0v) is 20.7. The predicted octanol–water partition coefficient (Wildman–Crippen LogP) is 4.77. The Bertz CT molecular complexity index is 1390. The van der Waals surface area contributed by atoms with Gasteiger partial charge in [-0.25, -0.2) is 14.0 Å². The topological polar surface area (TPSA) is 74.4 Å². The molecule has 1 saturated carbocycles. The van der Waals surface area contributed by atoms with Gasteiger partial charge in [0.15, 0.2) is 0 Å². The van der Waals surface area contributed by atoms with E-state index in [0.717, 1.165) is 12.1 Å². The maximum absolute atomic E-state index is 15.9. The van der Waals surface area contributed by atoms with Crippen molar-refractivity contribution in [2.24, 2.45) is 5.89 Å². The normalized spacial score (nSPS) is 31.7. The van der Waals surface area contributed by atoms with E-state index in [0.29, 0.717) is 25.7 Å². The Morgan fingerprint density at radius 1 is 1.28 bits per heavy atom. The Hall–Kier alpha value is -2.55. The van der Waals surface area contributed by atoms with Crippen molar-refractivity contribution in [3.05, 3.63) is 24.0 Å². The molecule has 0 spiro atoms.